The number of ether oxygens (including phenoxy) is 1. The fraction of sp³-hybridized carbons (Fsp3) is 0.600. The van der Waals surface area contributed by atoms with Crippen LogP contribution in [0.25, 0.3) is 0 Å². The molecule has 118 valence electrons. The van der Waals surface area contributed by atoms with Gasteiger partial charge in [0.25, 0.3) is 0 Å². The van der Waals surface area contributed by atoms with Gasteiger partial charge in [0.1, 0.15) is 0 Å². The number of sulfonamides is 1. The maximum atomic E-state index is 12.3. The maximum absolute atomic E-state index is 12.3. The van der Waals surface area contributed by atoms with Gasteiger partial charge in [0.05, 0.1) is 10.5 Å². The molecule has 1 atom stereocenters. The van der Waals surface area contributed by atoms with Crippen LogP contribution in [0.3, 0.4) is 0 Å². The lowest BCUT2D eigenvalue weighted by Gasteiger charge is -2.26. The van der Waals surface area contributed by atoms with Crippen LogP contribution in [0.5, 0.6) is 0 Å². The molecule has 4 nitrogen and oxygen atoms in total. The molecule has 1 aromatic carbocycles. The van der Waals surface area contributed by atoms with Crippen molar-refractivity contribution in [3.63, 3.8) is 0 Å². The van der Waals surface area contributed by atoms with E-state index in [0.717, 1.165) is 36.3 Å². The standard InChI is InChI=1S/C15H23NO3S2/c1-3-4-13-5-7-14(8-6-13)21(17,18)16-11-15(19-2)9-10-20-12-15/h5-8,16H,3-4,9-12H2,1-2H3. The van der Waals surface area contributed by atoms with E-state index in [1.807, 2.05) is 12.1 Å². The van der Waals surface area contributed by atoms with Crippen molar-refractivity contribution in [2.45, 2.75) is 36.7 Å². The molecule has 1 aromatic rings. The molecule has 0 saturated carbocycles. The predicted molar refractivity (Wildman–Crippen MR) is 87.3 cm³/mol. The van der Waals surface area contributed by atoms with Crippen LogP contribution < -0.4 is 4.72 Å². The maximum Gasteiger partial charge on any atom is 0.240 e. The van der Waals surface area contributed by atoms with Crippen LogP contribution in [0.1, 0.15) is 25.3 Å². The van der Waals surface area contributed by atoms with Gasteiger partial charge in [0.15, 0.2) is 0 Å². The summed E-state index contributed by atoms with van der Waals surface area (Å²) in [7, 11) is -1.81. The van der Waals surface area contributed by atoms with Crippen molar-refractivity contribution < 1.29 is 13.2 Å². The van der Waals surface area contributed by atoms with Crippen molar-refractivity contribution in [2.24, 2.45) is 0 Å². The highest BCUT2D eigenvalue weighted by molar-refractivity contribution is 7.99. The molecule has 0 aliphatic carbocycles. The topological polar surface area (TPSA) is 55.4 Å². The van der Waals surface area contributed by atoms with Crippen LogP contribution in [0.15, 0.2) is 29.2 Å². The molecule has 0 amide bonds. The minimum Gasteiger partial charge on any atom is -0.376 e. The van der Waals surface area contributed by atoms with Gasteiger partial charge >= 0.3 is 0 Å². The Balaban J connectivity index is 2.04. The fourth-order valence-corrected chi connectivity index (χ4v) is 4.91. The zero-order chi connectivity index (χ0) is 15.3. The summed E-state index contributed by atoms with van der Waals surface area (Å²) in [6.45, 7) is 2.44. The first-order valence-corrected chi connectivity index (χ1v) is 9.87. The Morgan fingerprint density at radius 1 is 1.33 bits per heavy atom. The number of hydrogen-bond acceptors (Lipinski definition) is 4. The summed E-state index contributed by atoms with van der Waals surface area (Å²) in [4.78, 5) is 0.319. The van der Waals surface area contributed by atoms with Crippen molar-refractivity contribution in [3.05, 3.63) is 29.8 Å². The van der Waals surface area contributed by atoms with Crippen LogP contribution in [-0.2, 0) is 21.2 Å². The molecule has 21 heavy (non-hydrogen) atoms. The molecule has 0 radical (unpaired) electrons. The van der Waals surface area contributed by atoms with Gasteiger partial charge < -0.3 is 4.74 Å². The molecule has 1 aliphatic heterocycles. The largest absolute Gasteiger partial charge is 0.376 e. The lowest BCUT2D eigenvalue weighted by molar-refractivity contribution is 0.0179. The minimum atomic E-state index is -3.47. The van der Waals surface area contributed by atoms with Crippen molar-refractivity contribution in [3.8, 4) is 0 Å². The van der Waals surface area contributed by atoms with E-state index in [-0.39, 0.29) is 5.60 Å². The quantitative estimate of drug-likeness (QED) is 0.835. The van der Waals surface area contributed by atoms with Crippen molar-refractivity contribution in [1.29, 1.82) is 0 Å². The second-order valence-corrected chi connectivity index (χ2v) is 8.28. The van der Waals surface area contributed by atoms with E-state index in [9.17, 15) is 8.42 Å². The van der Waals surface area contributed by atoms with E-state index in [2.05, 4.69) is 11.6 Å². The Hall–Kier alpha value is -0.560. The van der Waals surface area contributed by atoms with Gasteiger partial charge in [-0.15, -0.1) is 0 Å². The number of rotatable bonds is 7. The molecule has 0 aromatic heterocycles. The summed E-state index contributed by atoms with van der Waals surface area (Å²) in [5.41, 5.74) is 0.803. The number of methoxy groups -OCH3 is 1. The zero-order valence-electron chi connectivity index (χ0n) is 12.6. The SMILES string of the molecule is CCCc1ccc(S(=O)(=O)NCC2(OC)CCSC2)cc1. The molecule has 1 saturated heterocycles. The lowest BCUT2D eigenvalue weighted by Crippen LogP contribution is -2.44. The Morgan fingerprint density at radius 3 is 2.57 bits per heavy atom. The van der Waals surface area contributed by atoms with Gasteiger partial charge in [-0.3, -0.25) is 0 Å². The third-order valence-electron chi connectivity index (χ3n) is 3.86. The number of benzene rings is 1. The summed E-state index contributed by atoms with van der Waals surface area (Å²) in [6.07, 6.45) is 2.91. The van der Waals surface area contributed by atoms with Crippen molar-refractivity contribution >= 4 is 21.8 Å². The molecular weight excluding hydrogens is 306 g/mol. The number of nitrogens with one attached hydrogen (secondary N) is 1. The van der Waals surface area contributed by atoms with Crippen molar-refractivity contribution in [1.82, 2.24) is 4.72 Å². The van der Waals surface area contributed by atoms with Crippen LogP contribution in [0, 0.1) is 0 Å². The average molecular weight is 329 g/mol. The molecule has 1 N–H and O–H groups in total. The Bertz CT molecular complexity index is 549. The van der Waals surface area contributed by atoms with Gasteiger partial charge in [0, 0.05) is 19.4 Å². The van der Waals surface area contributed by atoms with Crippen molar-refractivity contribution in [2.75, 3.05) is 25.2 Å². The number of aryl methyl sites for hydroxylation is 1. The van der Waals surface area contributed by atoms with Gasteiger partial charge in [-0.1, -0.05) is 25.5 Å². The average Bonchev–Trinajstić information content (AvgIpc) is 2.96. The van der Waals surface area contributed by atoms with Crippen LogP contribution >= 0.6 is 11.8 Å². The molecule has 2 rings (SSSR count). The Kier molecular flexibility index (Phi) is 5.71. The van der Waals surface area contributed by atoms with Crippen LogP contribution in [-0.4, -0.2) is 39.2 Å². The lowest BCUT2D eigenvalue weighted by atomic mass is 10.0. The normalized spacial score (nSPS) is 22.6. The summed E-state index contributed by atoms with van der Waals surface area (Å²) >= 11 is 1.80. The van der Waals surface area contributed by atoms with E-state index in [0.29, 0.717) is 11.4 Å². The summed E-state index contributed by atoms with van der Waals surface area (Å²) in [5, 5.41) is 0. The molecule has 1 aliphatic rings. The molecule has 6 heteroatoms. The highest BCUT2D eigenvalue weighted by atomic mass is 32.2. The van der Waals surface area contributed by atoms with E-state index in [1.54, 1.807) is 31.0 Å². The third-order valence-corrected chi connectivity index (χ3v) is 6.50. The Morgan fingerprint density at radius 2 is 2.05 bits per heavy atom. The van der Waals surface area contributed by atoms with E-state index in [1.165, 1.54) is 0 Å². The first-order chi connectivity index (χ1) is 10.0. The van der Waals surface area contributed by atoms with E-state index < -0.39 is 10.0 Å². The molecular formula is C15H23NO3S2. The predicted octanol–water partition coefficient (Wildman–Crippen LogP) is 2.44. The highest BCUT2D eigenvalue weighted by Crippen LogP contribution is 2.30. The third kappa shape index (κ3) is 4.22. The smallest absolute Gasteiger partial charge is 0.240 e. The molecule has 0 spiro atoms. The van der Waals surface area contributed by atoms with Crippen LogP contribution in [0.2, 0.25) is 0 Å². The highest BCUT2D eigenvalue weighted by Gasteiger charge is 2.35. The first kappa shape index (κ1) is 16.8. The fourth-order valence-electron chi connectivity index (χ4n) is 2.39. The summed E-state index contributed by atoms with van der Waals surface area (Å²) in [5.74, 6) is 1.85. The first-order valence-electron chi connectivity index (χ1n) is 7.23. The second-order valence-electron chi connectivity index (χ2n) is 5.41. The van der Waals surface area contributed by atoms with Gasteiger partial charge in [0.2, 0.25) is 10.0 Å². The second kappa shape index (κ2) is 7.13. The molecule has 0 bridgehead atoms. The minimum absolute atomic E-state index is 0.319. The van der Waals surface area contributed by atoms with Gasteiger partial charge in [-0.2, -0.15) is 11.8 Å². The monoisotopic (exact) mass is 329 g/mol. The zero-order valence-corrected chi connectivity index (χ0v) is 14.2. The molecule has 1 fully saturated rings. The Labute approximate surface area is 131 Å². The molecule has 1 heterocycles. The summed E-state index contributed by atoms with van der Waals surface area (Å²) < 4.78 is 32.9. The number of hydrogen-bond donors (Lipinski definition) is 1. The van der Waals surface area contributed by atoms with Gasteiger partial charge in [-0.05, 0) is 36.3 Å². The van der Waals surface area contributed by atoms with Crippen LogP contribution in [0.4, 0.5) is 0 Å². The van der Waals surface area contributed by atoms with Gasteiger partial charge in [-0.25, -0.2) is 13.1 Å². The molecule has 1 unspecified atom stereocenters. The summed E-state index contributed by atoms with van der Waals surface area (Å²) in [6, 6.07) is 7.12. The number of thioether (sulfide) groups is 1. The van der Waals surface area contributed by atoms with E-state index in [4.69, 9.17) is 4.74 Å². The van der Waals surface area contributed by atoms with E-state index >= 15 is 0 Å².